The molecular formula is C21H23B3O7. The zero-order valence-electron chi connectivity index (χ0n) is 17.5. The summed E-state index contributed by atoms with van der Waals surface area (Å²) < 4.78 is 11.2. The lowest BCUT2D eigenvalue weighted by Crippen LogP contribution is -2.51. The Hall–Kier alpha value is -2.91. The van der Waals surface area contributed by atoms with Crippen LogP contribution in [0, 0.1) is 20.8 Å². The van der Waals surface area contributed by atoms with Crippen LogP contribution in [0.15, 0.2) is 54.6 Å². The number of aromatic hydroxyl groups is 3. The van der Waals surface area contributed by atoms with Gasteiger partial charge in [-0.15, -0.1) is 0 Å². The molecule has 0 unspecified atom stereocenters. The van der Waals surface area contributed by atoms with Gasteiger partial charge in [0.2, 0.25) is 0 Å². The second-order valence-electron chi connectivity index (χ2n) is 7.50. The average Bonchev–Trinajstić information content (AvgIpc) is 2.67. The highest BCUT2D eigenvalue weighted by atomic mass is 16.6. The van der Waals surface area contributed by atoms with Crippen LogP contribution in [0.5, 0.6) is 17.2 Å². The lowest BCUT2D eigenvalue weighted by Gasteiger charge is -2.21. The first kappa shape index (κ1) is 22.8. The summed E-state index contributed by atoms with van der Waals surface area (Å²) in [6.07, 6.45) is 0. The van der Waals surface area contributed by atoms with E-state index in [9.17, 15) is 25.4 Å². The van der Waals surface area contributed by atoms with E-state index >= 15 is 0 Å². The molecule has 0 aliphatic rings. The van der Waals surface area contributed by atoms with Crippen LogP contribution in [0.25, 0.3) is 0 Å². The van der Waals surface area contributed by atoms with Gasteiger partial charge in [-0.05, 0) is 55.7 Å². The Balaban J connectivity index is 1.92. The van der Waals surface area contributed by atoms with E-state index in [1.54, 1.807) is 45.0 Å². The summed E-state index contributed by atoms with van der Waals surface area (Å²) in [5, 5.41) is 51.8. The largest absolute Gasteiger partial charge is 0.508 e. The van der Waals surface area contributed by atoms with E-state index in [1.165, 1.54) is 30.3 Å². The molecule has 10 heteroatoms. The average molecular weight is 420 g/mol. The van der Waals surface area contributed by atoms with Gasteiger partial charge in [-0.2, -0.15) is 0 Å². The summed E-state index contributed by atoms with van der Waals surface area (Å²) in [6.45, 7) is 5.37. The molecular weight excluding hydrogens is 397 g/mol. The van der Waals surface area contributed by atoms with Crippen LogP contribution in [0.2, 0.25) is 0 Å². The first-order valence-electron chi connectivity index (χ1n) is 9.71. The number of phenols is 3. The highest BCUT2D eigenvalue weighted by molar-refractivity contribution is 6.80. The molecule has 5 N–H and O–H groups in total. The summed E-state index contributed by atoms with van der Waals surface area (Å²) in [4.78, 5) is 0. The monoisotopic (exact) mass is 420 g/mol. The van der Waals surface area contributed by atoms with Crippen molar-refractivity contribution in [3.63, 3.8) is 0 Å². The Morgan fingerprint density at radius 1 is 0.548 bits per heavy atom. The smallest absolute Gasteiger partial charge is 0.481 e. The molecule has 7 nitrogen and oxygen atoms in total. The Labute approximate surface area is 182 Å². The zero-order chi connectivity index (χ0) is 22.7. The molecule has 0 fully saturated rings. The van der Waals surface area contributed by atoms with Gasteiger partial charge in [0.25, 0.3) is 0 Å². The Bertz CT molecular complexity index is 1020. The summed E-state index contributed by atoms with van der Waals surface area (Å²) in [6, 6.07) is 14.1. The van der Waals surface area contributed by atoms with Crippen molar-refractivity contribution in [1.82, 2.24) is 0 Å². The van der Waals surface area contributed by atoms with Crippen LogP contribution >= 0.6 is 0 Å². The van der Waals surface area contributed by atoms with Gasteiger partial charge in [-0.3, -0.25) is 0 Å². The Kier molecular flexibility index (Phi) is 6.97. The molecule has 0 amide bonds. The minimum absolute atomic E-state index is 0.0958. The van der Waals surface area contributed by atoms with Gasteiger partial charge in [-0.1, -0.05) is 36.4 Å². The fourth-order valence-electron chi connectivity index (χ4n) is 3.14. The van der Waals surface area contributed by atoms with Gasteiger partial charge in [0.15, 0.2) is 0 Å². The van der Waals surface area contributed by atoms with Gasteiger partial charge < -0.3 is 34.5 Å². The van der Waals surface area contributed by atoms with Crippen LogP contribution < -0.4 is 16.4 Å². The predicted molar refractivity (Wildman–Crippen MR) is 121 cm³/mol. The molecule has 0 atom stereocenters. The number of rotatable bonds is 7. The van der Waals surface area contributed by atoms with E-state index in [-0.39, 0.29) is 33.6 Å². The number of hydrogen-bond donors (Lipinski definition) is 5. The van der Waals surface area contributed by atoms with Crippen molar-refractivity contribution in [3.8, 4) is 17.2 Å². The third-order valence-electron chi connectivity index (χ3n) is 4.85. The molecule has 0 radical (unpaired) electrons. The number of benzene rings is 3. The molecule has 0 saturated heterocycles. The molecule has 3 aromatic rings. The van der Waals surface area contributed by atoms with E-state index < -0.39 is 21.4 Å². The minimum atomic E-state index is -1.62. The summed E-state index contributed by atoms with van der Waals surface area (Å²) in [5.74, 6) is -0.502. The third-order valence-corrected chi connectivity index (χ3v) is 4.85. The van der Waals surface area contributed by atoms with E-state index in [2.05, 4.69) is 0 Å². The molecule has 0 bridgehead atoms. The lowest BCUT2D eigenvalue weighted by atomic mass is 9.66. The van der Waals surface area contributed by atoms with Gasteiger partial charge in [0, 0.05) is 16.4 Å². The second kappa shape index (κ2) is 9.49. The van der Waals surface area contributed by atoms with Gasteiger partial charge in [0.05, 0.1) is 0 Å². The molecule has 0 spiro atoms. The van der Waals surface area contributed by atoms with Crippen LogP contribution in [0.4, 0.5) is 0 Å². The van der Waals surface area contributed by atoms with Crippen molar-refractivity contribution in [2.24, 2.45) is 0 Å². The first-order chi connectivity index (χ1) is 14.7. The maximum atomic E-state index is 10.6. The SMILES string of the molecule is Cc1ccc(B(O)OB(OB(O)c2ccc(C)cc2O)c2ccc(C)cc2O)c(O)c1. The van der Waals surface area contributed by atoms with Crippen molar-refractivity contribution in [3.05, 3.63) is 71.3 Å². The molecule has 3 rings (SSSR count). The number of hydrogen-bond acceptors (Lipinski definition) is 7. The number of aryl methyl sites for hydroxylation is 3. The van der Waals surface area contributed by atoms with Crippen LogP contribution in [0.3, 0.4) is 0 Å². The quantitative estimate of drug-likeness (QED) is 0.348. The Morgan fingerprint density at radius 2 is 0.871 bits per heavy atom. The van der Waals surface area contributed by atoms with E-state index in [1.807, 2.05) is 0 Å². The lowest BCUT2D eigenvalue weighted by molar-refractivity contribution is 0.352. The minimum Gasteiger partial charge on any atom is -0.508 e. The van der Waals surface area contributed by atoms with Gasteiger partial charge in [0.1, 0.15) is 17.2 Å². The van der Waals surface area contributed by atoms with Crippen LogP contribution in [0.1, 0.15) is 16.7 Å². The molecule has 0 aromatic heterocycles. The zero-order valence-corrected chi connectivity index (χ0v) is 17.5. The molecule has 0 aliphatic carbocycles. The molecule has 0 aliphatic heterocycles. The van der Waals surface area contributed by atoms with E-state index in [0.717, 1.165) is 16.7 Å². The van der Waals surface area contributed by atoms with E-state index in [0.29, 0.717) is 0 Å². The predicted octanol–water partition coefficient (Wildman–Crippen LogP) is 0.232. The molecule has 0 saturated carbocycles. The van der Waals surface area contributed by atoms with Crippen molar-refractivity contribution in [1.29, 1.82) is 0 Å². The first-order valence-corrected chi connectivity index (χ1v) is 9.71. The molecule has 0 heterocycles. The maximum Gasteiger partial charge on any atom is 0.481 e. The van der Waals surface area contributed by atoms with Crippen molar-refractivity contribution in [2.45, 2.75) is 20.8 Å². The second-order valence-corrected chi connectivity index (χ2v) is 7.50. The van der Waals surface area contributed by atoms with E-state index in [4.69, 9.17) is 9.14 Å². The van der Waals surface area contributed by atoms with Gasteiger partial charge >= 0.3 is 21.4 Å². The Morgan fingerprint density at radius 3 is 1.19 bits per heavy atom. The summed E-state index contributed by atoms with van der Waals surface area (Å²) in [5.41, 5.74) is 2.72. The fourth-order valence-corrected chi connectivity index (χ4v) is 3.14. The summed E-state index contributed by atoms with van der Waals surface area (Å²) >= 11 is 0. The molecule has 158 valence electrons. The molecule has 31 heavy (non-hydrogen) atoms. The van der Waals surface area contributed by atoms with Gasteiger partial charge in [-0.25, -0.2) is 0 Å². The highest BCUT2D eigenvalue weighted by Crippen LogP contribution is 2.15. The number of phenolic OH excluding ortho intramolecular Hbond substituents is 3. The van der Waals surface area contributed by atoms with Crippen molar-refractivity contribution >= 4 is 37.7 Å². The third kappa shape index (κ3) is 5.42. The maximum absolute atomic E-state index is 10.6. The van der Waals surface area contributed by atoms with Crippen molar-refractivity contribution in [2.75, 3.05) is 0 Å². The normalized spacial score (nSPS) is 10.7. The topological polar surface area (TPSA) is 120 Å². The van der Waals surface area contributed by atoms with Crippen LogP contribution in [-0.4, -0.2) is 46.7 Å². The summed E-state index contributed by atoms with van der Waals surface area (Å²) in [7, 11) is -4.66. The molecule has 3 aromatic carbocycles. The van der Waals surface area contributed by atoms with Crippen LogP contribution in [-0.2, 0) is 9.14 Å². The van der Waals surface area contributed by atoms with Crippen molar-refractivity contribution < 1.29 is 34.5 Å². The highest BCUT2D eigenvalue weighted by Gasteiger charge is 2.36. The fraction of sp³-hybridized carbons (Fsp3) is 0.143. The standard InChI is InChI=1S/C21H23B3O7/c1-13-4-7-16(19(25)10-13)22(28)30-24(18-9-6-15(3)12-21(18)27)31-23(29)17-8-5-14(2)11-20(17)26/h4-12,25-29H,1-3H3.